The number of carbonyl (C=O) groups excluding carboxylic acids is 1. The highest BCUT2D eigenvalue weighted by Gasteiger charge is 2.12. The van der Waals surface area contributed by atoms with Gasteiger partial charge in [0.15, 0.2) is 0 Å². The maximum absolute atomic E-state index is 11.9. The summed E-state index contributed by atoms with van der Waals surface area (Å²) in [5.74, 6) is -0.0428. The molecule has 0 radical (unpaired) electrons. The number of benzene rings is 1. The lowest BCUT2D eigenvalue weighted by atomic mass is 10.1. The van der Waals surface area contributed by atoms with Gasteiger partial charge in [0.05, 0.1) is 11.1 Å². The van der Waals surface area contributed by atoms with Gasteiger partial charge in [-0.1, -0.05) is 76.9 Å². The molecule has 0 saturated heterocycles. The lowest BCUT2D eigenvalue weighted by Gasteiger charge is -2.09. The third kappa shape index (κ3) is 12.1. The van der Waals surface area contributed by atoms with Gasteiger partial charge in [0.2, 0.25) is 0 Å². The number of phenols is 1. The van der Waals surface area contributed by atoms with Crippen LogP contribution in [0.3, 0.4) is 0 Å². The summed E-state index contributed by atoms with van der Waals surface area (Å²) in [6.07, 6.45) is 21.0. The number of carbonyl (C=O) groups is 1. The Balaban J connectivity index is 1.48. The molecule has 0 saturated carbocycles. The van der Waals surface area contributed by atoms with Crippen LogP contribution in [0.5, 0.6) is 5.75 Å². The summed E-state index contributed by atoms with van der Waals surface area (Å²) < 4.78 is 15.9. The molecule has 1 aromatic carbocycles. The Morgan fingerprint density at radius 1 is 0.889 bits per heavy atom. The van der Waals surface area contributed by atoms with E-state index in [-0.39, 0.29) is 17.9 Å². The SMILES string of the molecule is CCCCCCCCC=CCCCCCCCCOC(=O)OCc1cc(=O)oc2cc(O)c(Br)cc12. The Morgan fingerprint density at radius 2 is 1.50 bits per heavy atom. The van der Waals surface area contributed by atoms with Crippen LogP contribution in [-0.4, -0.2) is 17.9 Å². The largest absolute Gasteiger partial charge is 0.508 e. The second-order valence-corrected chi connectivity index (χ2v) is 10.1. The standard InChI is InChI=1S/C29H41BrO6/c1-2-3-4-5-6-7-8-9-10-11-12-13-14-15-16-17-18-34-29(33)35-22-23-19-28(32)36-27-21-26(31)25(30)20-24(23)27/h9-10,19-21,31H,2-8,11-18,22H2,1H3. The summed E-state index contributed by atoms with van der Waals surface area (Å²) in [6.45, 7) is 2.45. The molecule has 0 unspecified atom stereocenters. The van der Waals surface area contributed by atoms with Gasteiger partial charge in [-0.05, 0) is 54.1 Å². The van der Waals surface area contributed by atoms with Crippen LogP contribution in [0.15, 0.2) is 44.0 Å². The molecule has 0 aliphatic rings. The molecule has 2 rings (SSSR count). The summed E-state index contributed by atoms with van der Waals surface area (Å²) in [6, 6.07) is 4.23. The third-order valence-electron chi connectivity index (χ3n) is 6.12. The molecule has 2 aromatic rings. The van der Waals surface area contributed by atoms with E-state index in [4.69, 9.17) is 13.9 Å². The van der Waals surface area contributed by atoms with Crippen molar-refractivity contribution in [3.8, 4) is 5.75 Å². The van der Waals surface area contributed by atoms with Gasteiger partial charge < -0.3 is 19.0 Å². The van der Waals surface area contributed by atoms with E-state index in [2.05, 4.69) is 35.0 Å². The number of allylic oxidation sites excluding steroid dienone is 2. The fourth-order valence-electron chi connectivity index (χ4n) is 4.04. The topological polar surface area (TPSA) is 86.0 Å². The van der Waals surface area contributed by atoms with Gasteiger partial charge in [-0.25, -0.2) is 9.59 Å². The molecule has 0 aliphatic heterocycles. The van der Waals surface area contributed by atoms with Crippen LogP contribution in [0, 0.1) is 0 Å². The number of fused-ring (bicyclic) bond motifs is 1. The van der Waals surface area contributed by atoms with Gasteiger partial charge in [0.25, 0.3) is 0 Å². The highest BCUT2D eigenvalue weighted by Crippen LogP contribution is 2.30. The van der Waals surface area contributed by atoms with E-state index < -0.39 is 11.8 Å². The maximum atomic E-state index is 11.9. The van der Waals surface area contributed by atoms with Crippen LogP contribution in [0.2, 0.25) is 0 Å². The Bertz CT molecular complexity index is 997. The van der Waals surface area contributed by atoms with Crippen molar-refractivity contribution >= 4 is 33.1 Å². The van der Waals surface area contributed by atoms with Gasteiger partial charge in [0.1, 0.15) is 17.9 Å². The van der Waals surface area contributed by atoms with Crippen LogP contribution in [-0.2, 0) is 16.1 Å². The second-order valence-electron chi connectivity index (χ2n) is 9.22. The first-order chi connectivity index (χ1) is 17.5. The molecular weight excluding hydrogens is 524 g/mol. The fourth-order valence-corrected chi connectivity index (χ4v) is 4.38. The monoisotopic (exact) mass is 564 g/mol. The molecule has 0 amide bonds. The normalized spacial score (nSPS) is 11.4. The molecule has 1 heterocycles. The number of unbranched alkanes of at least 4 members (excludes halogenated alkanes) is 12. The highest BCUT2D eigenvalue weighted by molar-refractivity contribution is 9.10. The zero-order chi connectivity index (χ0) is 26.0. The quantitative estimate of drug-likeness (QED) is 0.0840. The predicted octanol–water partition coefficient (Wildman–Crippen LogP) is 8.95. The summed E-state index contributed by atoms with van der Waals surface area (Å²) in [4.78, 5) is 23.7. The van der Waals surface area contributed by atoms with Crippen molar-refractivity contribution in [2.24, 2.45) is 0 Å². The van der Waals surface area contributed by atoms with Crippen molar-refractivity contribution in [2.75, 3.05) is 6.61 Å². The average molecular weight is 566 g/mol. The Hall–Kier alpha value is -2.28. The molecule has 0 atom stereocenters. The zero-order valence-electron chi connectivity index (χ0n) is 21.6. The number of phenolic OH excluding ortho intramolecular Hbond substituents is 1. The van der Waals surface area contributed by atoms with Crippen molar-refractivity contribution in [1.29, 1.82) is 0 Å². The summed E-state index contributed by atoms with van der Waals surface area (Å²) in [7, 11) is 0. The molecule has 1 N–H and O–H groups in total. The van der Waals surface area contributed by atoms with Crippen LogP contribution in [0.1, 0.15) is 102 Å². The van der Waals surface area contributed by atoms with Gasteiger partial charge in [-0.2, -0.15) is 0 Å². The van der Waals surface area contributed by atoms with E-state index >= 15 is 0 Å². The molecular formula is C29H41BrO6. The molecule has 200 valence electrons. The van der Waals surface area contributed by atoms with Crippen LogP contribution in [0.25, 0.3) is 11.0 Å². The van der Waals surface area contributed by atoms with Gasteiger partial charge in [-0.3, -0.25) is 0 Å². The minimum Gasteiger partial charge on any atom is -0.507 e. The smallest absolute Gasteiger partial charge is 0.507 e. The molecule has 0 spiro atoms. The summed E-state index contributed by atoms with van der Waals surface area (Å²) in [5.41, 5.74) is 0.121. The zero-order valence-corrected chi connectivity index (χ0v) is 23.2. The number of halogens is 1. The molecule has 36 heavy (non-hydrogen) atoms. The highest BCUT2D eigenvalue weighted by atomic mass is 79.9. The number of hydrogen-bond donors (Lipinski definition) is 1. The van der Waals surface area contributed by atoms with Gasteiger partial charge >= 0.3 is 11.8 Å². The van der Waals surface area contributed by atoms with Gasteiger partial charge in [-0.15, -0.1) is 0 Å². The lowest BCUT2D eigenvalue weighted by Crippen LogP contribution is -2.10. The van der Waals surface area contributed by atoms with E-state index in [1.165, 1.54) is 82.8 Å². The minimum absolute atomic E-state index is 0.0428. The van der Waals surface area contributed by atoms with E-state index in [9.17, 15) is 14.7 Å². The number of aromatic hydroxyl groups is 1. The molecule has 6 nitrogen and oxygen atoms in total. The maximum Gasteiger partial charge on any atom is 0.508 e. The van der Waals surface area contributed by atoms with E-state index in [1.54, 1.807) is 6.07 Å². The van der Waals surface area contributed by atoms with E-state index in [0.717, 1.165) is 19.3 Å². The van der Waals surface area contributed by atoms with Crippen molar-refractivity contribution in [3.63, 3.8) is 0 Å². The summed E-state index contributed by atoms with van der Waals surface area (Å²) in [5, 5.41) is 10.3. The molecule has 0 aliphatic carbocycles. The fraction of sp³-hybridized carbons (Fsp3) is 0.586. The Morgan fingerprint density at radius 3 is 2.17 bits per heavy atom. The van der Waals surface area contributed by atoms with Gasteiger partial charge in [0, 0.05) is 23.1 Å². The Labute approximate surface area is 223 Å². The van der Waals surface area contributed by atoms with Crippen LogP contribution < -0.4 is 5.63 Å². The first kappa shape index (κ1) is 29.9. The second kappa shape index (κ2) is 18.0. The van der Waals surface area contributed by atoms with Crippen molar-refractivity contribution in [2.45, 2.75) is 103 Å². The Kier molecular flexibility index (Phi) is 15.0. The van der Waals surface area contributed by atoms with E-state index in [0.29, 0.717) is 22.0 Å². The third-order valence-corrected chi connectivity index (χ3v) is 6.75. The molecule has 1 aromatic heterocycles. The lowest BCUT2D eigenvalue weighted by molar-refractivity contribution is 0.0489. The van der Waals surface area contributed by atoms with Crippen LogP contribution >= 0.6 is 15.9 Å². The predicted molar refractivity (Wildman–Crippen MR) is 147 cm³/mol. The first-order valence-electron chi connectivity index (χ1n) is 13.4. The van der Waals surface area contributed by atoms with Crippen molar-refractivity contribution in [3.05, 3.63) is 50.8 Å². The number of hydrogen-bond acceptors (Lipinski definition) is 6. The molecule has 0 bridgehead atoms. The van der Waals surface area contributed by atoms with Crippen molar-refractivity contribution in [1.82, 2.24) is 0 Å². The number of rotatable bonds is 18. The molecule has 0 fully saturated rings. The summed E-state index contributed by atoms with van der Waals surface area (Å²) >= 11 is 3.24. The molecule has 7 heteroatoms. The van der Waals surface area contributed by atoms with Crippen molar-refractivity contribution < 1.29 is 23.8 Å². The van der Waals surface area contributed by atoms with Crippen LogP contribution in [0.4, 0.5) is 4.79 Å². The van der Waals surface area contributed by atoms with E-state index in [1.807, 2.05) is 0 Å². The minimum atomic E-state index is -0.762. The average Bonchev–Trinajstić information content (AvgIpc) is 2.85. The number of ether oxygens (including phenoxy) is 2. The first-order valence-corrected chi connectivity index (χ1v) is 14.2.